The number of benzene rings is 1. The van der Waals surface area contributed by atoms with Crippen LogP contribution in [0.25, 0.3) is 10.9 Å². The number of anilines is 2. The van der Waals surface area contributed by atoms with Gasteiger partial charge in [0, 0.05) is 11.1 Å². The standard InChI is InChI=1S/C17H16N6/c1-10-13(7-12-5-3-4-6-15(12)22-10)11(2)23-17-14(8-18)16(19)20-9-21-17/h3-7,9,11H,1-2H3,(H3,19,20,21,23)/t11-/m0/s1. The molecule has 2 aromatic heterocycles. The minimum absolute atomic E-state index is 0.0755. The minimum Gasteiger partial charge on any atom is -0.382 e. The maximum absolute atomic E-state index is 9.22. The third kappa shape index (κ3) is 2.77. The first-order valence-electron chi connectivity index (χ1n) is 7.23. The van der Waals surface area contributed by atoms with Gasteiger partial charge < -0.3 is 11.1 Å². The van der Waals surface area contributed by atoms with E-state index < -0.39 is 0 Å². The molecule has 2 heterocycles. The SMILES string of the molecule is Cc1nc2ccccc2cc1[C@H](C)Nc1ncnc(N)c1C#N. The van der Waals surface area contributed by atoms with Crippen LogP contribution in [0.2, 0.25) is 0 Å². The number of nitrogens with one attached hydrogen (secondary N) is 1. The van der Waals surface area contributed by atoms with Gasteiger partial charge in [-0.2, -0.15) is 5.26 Å². The van der Waals surface area contributed by atoms with Gasteiger partial charge in [0.2, 0.25) is 0 Å². The molecule has 6 heteroatoms. The van der Waals surface area contributed by atoms with E-state index in [1.165, 1.54) is 6.33 Å². The Balaban J connectivity index is 1.98. The molecular formula is C17H16N6. The zero-order chi connectivity index (χ0) is 16.4. The number of fused-ring (bicyclic) bond motifs is 1. The maximum Gasteiger partial charge on any atom is 0.150 e. The highest BCUT2D eigenvalue weighted by atomic mass is 15.1. The summed E-state index contributed by atoms with van der Waals surface area (Å²) >= 11 is 0. The van der Waals surface area contributed by atoms with Gasteiger partial charge >= 0.3 is 0 Å². The Hall–Kier alpha value is -3.20. The number of nitrogens with two attached hydrogens (primary N) is 1. The van der Waals surface area contributed by atoms with Gasteiger partial charge in [0.15, 0.2) is 0 Å². The second-order valence-corrected chi connectivity index (χ2v) is 5.32. The van der Waals surface area contributed by atoms with E-state index in [-0.39, 0.29) is 17.4 Å². The van der Waals surface area contributed by atoms with Crippen LogP contribution in [-0.4, -0.2) is 15.0 Å². The molecular weight excluding hydrogens is 288 g/mol. The molecule has 0 aliphatic carbocycles. The van der Waals surface area contributed by atoms with Gasteiger partial charge in [-0.15, -0.1) is 0 Å². The lowest BCUT2D eigenvalue weighted by molar-refractivity contribution is 0.853. The Labute approximate surface area is 134 Å². The fourth-order valence-corrected chi connectivity index (χ4v) is 2.57. The monoisotopic (exact) mass is 304 g/mol. The molecule has 0 spiro atoms. The van der Waals surface area contributed by atoms with E-state index in [0.717, 1.165) is 22.2 Å². The van der Waals surface area contributed by atoms with Crippen LogP contribution >= 0.6 is 0 Å². The molecule has 0 aliphatic heterocycles. The lowest BCUT2D eigenvalue weighted by Gasteiger charge is -2.18. The van der Waals surface area contributed by atoms with Crippen molar-refractivity contribution in [3.8, 4) is 6.07 Å². The van der Waals surface area contributed by atoms with Crippen molar-refractivity contribution in [3.63, 3.8) is 0 Å². The summed E-state index contributed by atoms with van der Waals surface area (Å²) < 4.78 is 0. The van der Waals surface area contributed by atoms with E-state index in [9.17, 15) is 5.26 Å². The molecule has 6 nitrogen and oxygen atoms in total. The molecule has 0 radical (unpaired) electrons. The van der Waals surface area contributed by atoms with Crippen molar-refractivity contribution in [2.24, 2.45) is 0 Å². The lowest BCUT2D eigenvalue weighted by Crippen LogP contribution is -2.12. The summed E-state index contributed by atoms with van der Waals surface area (Å²) in [6.07, 6.45) is 1.34. The molecule has 0 fully saturated rings. The number of rotatable bonds is 3. The first-order chi connectivity index (χ1) is 11.1. The van der Waals surface area contributed by atoms with Crippen molar-refractivity contribution in [2.45, 2.75) is 19.9 Å². The zero-order valence-electron chi connectivity index (χ0n) is 12.9. The number of aromatic nitrogens is 3. The van der Waals surface area contributed by atoms with E-state index in [0.29, 0.717) is 5.82 Å². The second-order valence-electron chi connectivity index (χ2n) is 5.32. The van der Waals surface area contributed by atoms with Crippen LogP contribution in [0, 0.1) is 18.3 Å². The van der Waals surface area contributed by atoms with Crippen molar-refractivity contribution >= 4 is 22.5 Å². The topological polar surface area (TPSA) is 101 Å². The number of hydrogen-bond donors (Lipinski definition) is 2. The molecule has 0 unspecified atom stereocenters. The van der Waals surface area contributed by atoms with Crippen LogP contribution in [0.15, 0.2) is 36.7 Å². The molecule has 114 valence electrons. The first kappa shape index (κ1) is 14.7. The van der Waals surface area contributed by atoms with Crippen LogP contribution in [0.4, 0.5) is 11.6 Å². The highest BCUT2D eigenvalue weighted by Gasteiger charge is 2.15. The molecule has 1 atom stereocenters. The number of nitrogens with zero attached hydrogens (tertiary/aromatic N) is 4. The summed E-state index contributed by atoms with van der Waals surface area (Å²) in [7, 11) is 0. The number of nitrogen functional groups attached to an aromatic ring is 1. The third-order valence-corrected chi connectivity index (χ3v) is 3.76. The van der Waals surface area contributed by atoms with Crippen LogP contribution in [0.1, 0.15) is 29.8 Å². The van der Waals surface area contributed by atoms with Crippen molar-refractivity contribution in [1.29, 1.82) is 5.26 Å². The van der Waals surface area contributed by atoms with Gasteiger partial charge in [0.1, 0.15) is 29.6 Å². The van der Waals surface area contributed by atoms with Crippen LogP contribution < -0.4 is 11.1 Å². The van der Waals surface area contributed by atoms with E-state index in [1.807, 2.05) is 44.2 Å². The van der Waals surface area contributed by atoms with Crippen molar-refractivity contribution in [1.82, 2.24) is 15.0 Å². The largest absolute Gasteiger partial charge is 0.382 e. The smallest absolute Gasteiger partial charge is 0.150 e. The quantitative estimate of drug-likeness (QED) is 0.771. The summed E-state index contributed by atoms with van der Waals surface area (Å²) in [5.74, 6) is 0.602. The van der Waals surface area contributed by atoms with E-state index in [4.69, 9.17) is 5.73 Å². The van der Waals surface area contributed by atoms with Crippen LogP contribution in [-0.2, 0) is 0 Å². The molecule has 23 heavy (non-hydrogen) atoms. The maximum atomic E-state index is 9.22. The van der Waals surface area contributed by atoms with E-state index in [1.54, 1.807) is 0 Å². The lowest BCUT2D eigenvalue weighted by atomic mass is 10.0. The second kappa shape index (κ2) is 5.89. The van der Waals surface area contributed by atoms with Crippen molar-refractivity contribution in [2.75, 3.05) is 11.1 Å². The molecule has 0 bridgehead atoms. The van der Waals surface area contributed by atoms with E-state index in [2.05, 4.69) is 26.3 Å². The predicted octanol–water partition coefficient (Wildman–Crippen LogP) is 2.96. The fraction of sp³-hybridized carbons (Fsp3) is 0.176. The Morgan fingerprint density at radius 2 is 2.04 bits per heavy atom. The number of nitriles is 1. The van der Waals surface area contributed by atoms with Gasteiger partial charge in [0.05, 0.1) is 11.6 Å². The van der Waals surface area contributed by atoms with Gasteiger partial charge in [-0.3, -0.25) is 4.98 Å². The molecule has 3 aromatic rings. The summed E-state index contributed by atoms with van der Waals surface area (Å²) in [6.45, 7) is 3.97. The molecule has 0 aliphatic rings. The highest BCUT2D eigenvalue weighted by Crippen LogP contribution is 2.26. The molecule has 0 amide bonds. The van der Waals surface area contributed by atoms with Crippen LogP contribution in [0.3, 0.4) is 0 Å². The fourth-order valence-electron chi connectivity index (χ4n) is 2.57. The molecule has 3 rings (SSSR count). The Morgan fingerprint density at radius 1 is 1.26 bits per heavy atom. The first-order valence-corrected chi connectivity index (χ1v) is 7.23. The summed E-state index contributed by atoms with van der Waals surface area (Å²) in [6, 6.07) is 12.0. The van der Waals surface area contributed by atoms with E-state index >= 15 is 0 Å². The van der Waals surface area contributed by atoms with Crippen molar-refractivity contribution in [3.05, 3.63) is 53.5 Å². The third-order valence-electron chi connectivity index (χ3n) is 3.76. The number of hydrogen-bond acceptors (Lipinski definition) is 6. The Kier molecular flexibility index (Phi) is 3.77. The molecule has 0 saturated carbocycles. The van der Waals surface area contributed by atoms with Gasteiger partial charge in [-0.25, -0.2) is 9.97 Å². The highest BCUT2D eigenvalue weighted by molar-refractivity contribution is 5.79. The molecule has 1 aromatic carbocycles. The van der Waals surface area contributed by atoms with Gasteiger partial charge in [0.25, 0.3) is 0 Å². The number of para-hydroxylation sites is 1. The zero-order valence-corrected chi connectivity index (χ0v) is 12.9. The average Bonchev–Trinajstić information content (AvgIpc) is 2.54. The normalized spacial score (nSPS) is 11.9. The van der Waals surface area contributed by atoms with Gasteiger partial charge in [-0.1, -0.05) is 18.2 Å². The minimum atomic E-state index is -0.0755. The number of aryl methyl sites for hydroxylation is 1. The summed E-state index contributed by atoms with van der Waals surface area (Å²) in [5.41, 5.74) is 8.92. The van der Waals surface area contributed by atoms with Gasteiger partial charge in [-0.05, 0) is 31.5 Å². The predicted molar refractivity (Wildman–Crippen MR) is 89.7 cm³/mol. The Bertz CT molecular complexity index is 913. The average molecular weight is 304 g/mol. The molecule has 3 N–H and O–H groups in total. The van der Waals surface area contributed by atoms with Crippen LogP contribution in [0.5, 0.6) is 0 Å². The van der Waals surface area contributed by atoms with Crippen molar-refractivity contribution < 1.29 is 0 Å². The number of pyridine rings is 1. The Morgan fingerprint density at radius 3 is 2.83 bits per heavy atom. The molecule has 0 saturated heterocycles. The summed E-state index contributed by atoms with van der Waals surface area (Å²) in [5, 5.41) is 13.5. The summed E-state index contributed by atoms with van der Waals surface area (Å²) in [4.78, 5) is 12.6.